The molecule has 112 valence electrons. The fourth-order valence-electron chi connectivity index (χ4n) is 1.89. The fourth-order valence-corrected chi connectivity index (χ4v) is 3.12. The van der Waals surface area contributed by atoms with E-state index in [1.807, 2.05) is 0 Å². The molecule has 1 heterocycles. The summed E-state index contributed by atoms with van der Waals surface area (Å²) in [6, 6.07) is 0. The summed E-state index contributed by atoms with van der Waals surface area (Å²) in [5.41, 5.74) is 0. The summed E-state index contributed by atoms with van der Waals surface area (Å²) in [7, 11) is -2.01. The molecule has 1 rings (SSSR count). The Bertz CT molecular complexity index is 364. The highest BCUT2D eigenvalue weighted by atomic mass is 32.2. The third-order valence-corrected chi connectivity index (χ3v) is 4.50. The van der Waals surface area contributed by atoms with Crippen molar-refractivity contribution < 1.29 is 17.9 Å². The highest BCUT2D eigenvalue weighted by Gasteiger charge is 2.23. The van der Waals surface area contributed by atoms with E-state index in [-0.39, 0.29) is 12.5 Å². The van der Waals surface area contributed by atoms with Gasteiger partial charge < -0.3 is 10.1 Å². The number of rotatable bonds is 7. The number of hydrogen-bond acceptors (Lipinski definition) is 4. The molecule has 0 spiro atoms. The van der Waals surface area contributed by atoms with Crippen LogP contribution in [0.25, 0.3) is 0 Å². The molecule has 1 saturated heterocycles. The van der Waals surface area contributed by atoms with Crippen molar-refractivity contribution >= 4 is 16.1 Å². The van der Waals surface area contributed by atoms with Crippen molar-refractivity contribution in [3.63, 3.8) is 0 Å². The Kier molecular flexibility index (Phi) is 7.29. The molecular weight excluding hydrogens is 270 g/mol. The van der Waals surface area contributed by atoms with E-state index in [0.717, 1.165) is 25.7 Å². The molecule has 2 N–H and O–H groups in total. The highest BCUT2D eigenvalue weighted by molar-refractivity contribution is 7.87. The Labute approximate surface area is 114 Å². The van der Waals surface area contributed by atoms with Crippen LogP contribution in [0.5, 0.6) is 0 Å². The Morgan fingerprint density at radius 2 is 1.84 bits per heavy atom. The first-order valence-electron chi connectivity index (χ1n) is 6.56. The summed E-state index contributed by atoms with van der Waals surface area (Å²) < 4.78 is 32.5. The van der Waals surface area contributed by atoms with Crippen LogP contribution >= 0.6 is 0 Å². The van der Waals surface area contributed by atoms with Gasteiger partial charge in [-0.25, -0.2) is 0 Å². The average molecular weight is 293 g/mol. The first-order valence-corrected chi connectivity index (χ1v) is 8.00. The van der Waals surface area contributed by atoms with Crippen molar-refractivity contribution in [2.45, 2.75) is 25.7 Å². The molecule has 0 unspecified atom stereocenters. The number of carbonyl (C=O) groups excluding carboxylic acids is 1. The Balaban J connectivity index is 2.34. The zero-order chi connectivity index (χ0) is 14.1. The van der Waals surface area contributed by atoms with Gasteiger partial charge in [0.15, 0.2) is 0 Å². The summed E-state index contributed by atoms with van der Waals surface area (Å²) >= 11 is 0. The molecule has 0 atom stereocenters. The van der Waals surface area contributed by atoms with Crippen molar-refractivity contribution in [3.8, 4) is 0 Å². The summed E-state index contributed by atoms with van der Waals surface area (Å²) in [6.07, 6.45) is 3.87. The van der Waals surface area contributed by atoms with Crippen molar-refractivity contribution in [2.75, 3.05) is 39.9 Å². The van der Waals surface area contributed by atoms with Crippen molar-refractivity contribution in [1.29, 1.82) is 0 Å². The normalized spacial score (nSPS) is 17.9. The molecule has 8 heteroatoms. The SMILES string of the molecule is COCCNC(=O)CNS(=O)(=O)N1CCCCCC1. The van der Waals surface area contributed by atoms with Crippen LogP contribution in [0.15, 0.2) is 0 Å². The van der Waals surface area contributed by atoms with E-state index in [9.17, 15) is 13.2 Å². The minimum absolute atomic E-state index is 0.234. The lowest BCUT2D eigenvalue weighted by Gasteiger charge is -2.19. The summed E-state index contributed by atoms with van der Waals surface area (Å²) in [5.74, 6) is -0.351. The maximum atomic E-state index is 12.0. The van der Waals surface area contributed by atoms with E-state index in [2.05, 4.69) is 10.0 Å². The van der Waals surface area contributed by atoms with Gasteiger partial charge in [0.05, 0.1) is 13.2 Å². The van der Waals surface area contributed by atoms with Crippen LogP contribution in [0.2, 0.25) is 0 Å². The van der Waals surface area contributed by atoms with Crippen LogP contribution in [0, 0.1) is 0 Å². The molecule has 1 fully saturated rings. The molecule has 1 aliphatic heterocycles. The van der Waals surface area contributed by atoms with E-state index in [1.165, 1.54) is 11.4 Å². The summed E-state index contributed by atoms with van der Waals surface area (Å²) in [4.78, 5) is 11.4. The largest absolute Gasteiger partial charge is 0.383 e. The quantitative estimate of drug-likeness (QED) is 0.617. The third kappa shape index (κ3) is 6.33. The van der Waals surface area contributed by atoms with Crippen LogP contribution in [0.1, 0.15) is 25.7 Å². The van der Waals surface area contributed by atoms with E-state index in [1.54, 1.807) is 0 Å². The zero-order valence-electron chi connectivity index (χ0n) is 11.4. The van der Waals surface area contributed by atoms with Crippen LogP contribution in [0.3, 0.4) is 0 Å². The van der Waals surface area contributed by atoms with Gasteiger partial charge in [-0.15, -0.1) is 0 Å². The van der Waals surface area contributed by atoms with Gasteiger partial charge in [0, 0.05) is 26.7 Å². The van der Waals surface area contributed by atoms with Crippen molar-refractivity contribution in [2.24, 2.45) is 0 Å². The van der Waals surface area contributed by atoms with Crippen LogP contribution in [-0.4, -0.2) is 58.5 Å². The van der Waals surface area contributed by atoms with E-state index < -0.39 is 10.2 Å². The lowest BCUT2D eigenvalue weighted by molar-refractivity contribution is -0.120. The van der Waals surface area contributed by atoms with E-state index >= 15 is 0 Å². The molecule has 0 bridgehead atoms. The Hall–Kier alpha value is -0.700. The predicted molar refractivity (Wildman–Crippen MR) is 71.8 cm³/mol. The van der Waals surface area contributed by atoms with Gasteiger partial charge in [0.2, 0.25) is 5.91 Å². The lowest BCUT2D eigenvalue weighted by Crippen LogP contribution is -2.45. The van der Waals surface area contributed by atoms with Gasteiger partial charge in [0.25, 0.3) is 10.2 Å². The Morgan fingerprint density at radius 1 is 1.21 bits per heavy atom. The topological polar surface area (TPSA) is 87.7 Å². The molecule has 7 nitrogen and oxygen atoms in total. The predicted octanol–water partition coefficient (Wildman–Crippen LogP) is -0.541. The maximum Gasteiger partial charge on any atom is 0.279 e. The minimum Gasteiger partial charge on any atom is -0.383 e. The number of amides is 1. The monoisotopic (exact) mass is 293 g/mol. The molecule has 1 amide bonds. The third-order valence-electron chi connectivity index (χ3n) is 2.95. The maximum absolute atomic E-state index is 12.0. The van der Waals surface area contributed by atoms with Crippen LogP contribution in [-0.2, 0) is 19.7 Å². The van der Waals surface area contributed by atoms with Gasteiger partial charge in [-0.3, -0.25) is 4.79 Å². The van der Waals surface area contributed by atoms with Gasteiger partial charge in [0.1, 0.15) is 0 Å². The summed E-state index contributed by atoms with van der Waals surface area (Å²) in [5, 5.41) is 2.56. The molecule has 0 aromatic rings. The standard InChI is InChI=1S/C11H23N3O4S/c1-18-9-6-12-11(15)10-13-19(16,17)14-7-4-2-3-5-8-14/h13H,2-10H2,1H3,(H,12,15). The van der Waals surface area contributed by atoms with Crippen molar-refractivity contribution in [3.05, 3.63) is 0 Å². The zero-order valence-corrected chi connectivity index (χ0v) is 12.2. The second kappa shape index (κ2) is 8.47. The molecule has 1 aliphatic rings. The number of nitrogens with zero attached hydrogens (tertiary/aromatic N) is 1. The lowest BCUT2D eigenvalue weighted by atomic mass is 10.2. The molecule has 0 aliphatic carbocycles. The Morgan fingerprint density at radius 3 is 2.42 bits per heavy atom. The van der Waals surface area contributed by atoms with Gasteiger partial charge in [-0.1, -0.05) is 12.8 Å². The van der Waals surface area contributed by atoms with Gasteiger partial charge >= 0.3 is 0 Å². The van der Waals surface area contributed by atoms with Crippen LogP contribution in [0.4, 0.5) is 0 Å². The minimum atomic E-state index is -3.54. The molecule has 0 aromatic heterocycles. The van der Waals surface area contributed by atoms with Gasteiger partial charge in [-0.05, 0) is 12.8 Å². The number of methoxy groups -OCH3 is 1. The number of nitrogens with one attached hydrogen (secondary N) is 2. The highest BCUT2D eigenvalue weighted by Crippen LogP contribution is 2.11. The van der Waals surface area contributed by atoms with Gasteiger partial charge in [-0.2, -0.15) is 17.4 Å². The average Bonchev–Trinajstić information content (AvgIpc) is 2.66. The number of carbonyl (C=O) groups is 1. The first kappa shape index (κ1) is 16.4. The number of ether oxygens (including phenoxy) is 1. The number of hydrogen-bond donors (Lipinski definition) is 2. The first-order chi connectivity index (χ1) is 9.06. The second-order valence-corrected chi connectivity index (χ2v) is 6.24. The van der Waals surface area contributed by atoms with E-state index in [0.29, 0.717) is 26.2 Å². The van der Waals surface area contributed by atoms with Crippen molar-refractivity contribution in [1.82, 2.24) is 14.3 Å². The van der Waals surface area contributed by atoms with Crippen LogP contribution < -0.4 is 10.0 Å². The molecule has 19 heavy (non-hydrogen) atoms. The summed E-state index contributed by atoms with van der Waals surface area (Å²) in [6.45, 7) is 1.61. The van der Waals surface area contributed by atoms with E-state index in [4.69, 9.17) is 4.74 Å². The fraction of sp³-hybridized carbons (Fsp3) is 0.909. The molecular formula is C11H23N3O4S. The second-order valence-electron chi connectivity index (χ2n) is 4.48. The molecule has 0 saturated carbocycles. The molecule has 0 radical (unpaired) electrons. The molecule has 0 aromatic carbocycles. The smallest absolute Gasteiger partial charge is 0.279 e.